The van der Waals surface area contributed by atoms with Crippen LogP contribution in [0.25, 0.3) is 0 Å². The highest BCUT2D eigenvalue weighted by Gasteiger charge is 2.42. The molecule has 2 N–H and O–H groups in total. The van der Waals surface area contributed by atoms with Gasteiger partial charge in [0.2, 0.25) is 0 Å². The molecular formula is C10H19NO2. The summed E-state index contributed by atoms with van der Waals surface area (Å²) in [6.07, 6.45) is 4.01. The van der Waals surface area contributed by atoms with Crippen molar-refractivity contribution in [3.8, 4) is 0 Å². The third-order valence-corrected chi connectivity index (χ3v) is 2.87. The fraction of sp³-hybridized carbons (Fsp3) is 0.900. The Bertz CT molecular complexity index is 170. The largest absolute Gasteiger partial charge is 0.374 e. The van der Waals surface area contributed by atoms with Crippen molar-refractivity contribution in [2.24, 2.45) is 11.1 Å². The summed E-state index contributed by atoms with van der Waals surface area (Å²) in [6.45, 7) is 3.45. The molecular weight excluding hydrogens is 166 g/mol. The Labute approximate surface area is 79.6 Å². The summed E-state index contributed by atoms with van der Waals surface area (Å²) in [5, 5.41) is 0. The van der Waals surface area contributed by atoms with Crippen LogP contribution in [-0.4, -0.2) is 25.5 Å². The first kappa shape index (κ1) is 10.7. The molecule has 0 amide bonds. The van der Waals surface area contributed by atoms with Gasteiger partial charge in [0.25, 0.3) is 0 Å². The Morgan fingerprint density at radius 2 is 2.23 bits per heavy atom. The smallest absolute Gasteiger partial charge is 0.165 e. The topological polar surface area (TPSA) is 52.3 Å². The second kappa shape index (κ2) is 4.72. The van der Waals surface area contributed by atoms with Gasteiger partial charge in [-0.1, -0.05) is 13.3 Å². The van der Waals surface area contributed by atoms with Gasteiger partial charge >= 0.3 is 0 Å². The summed E-state index contributed by atoms with van der Waals surface area (Å²) < 4.78 is 5.22. The van der Waals surface area contributed by atoms with Gasteiger partial charge in [0.05, 0.1) is 0 Å². The number of carbonyl (C=O) groups is 1. The summed E-state index contributed by atoms with van der Waals surface area (Å²) in [7, 11) is 0. The maximum absolute atomic E-state index is 11.6. The van der Waals surface area contributed by atoms with E-state index in [2.05, 4.69) is 0 Å². The molecule has 0 aromatic heterocycles. The molecule has 0 radical (unpaired) electrons. The zero-order chi connectivity index (χ0) is 9.73. The van der Waals surface area contributed by atoms with E-state index in [-0.39, 0.29) is 17.8 Å². The molecule has 76 valence electrons. The molecule has 0 aromatic carbocycles. The Kier molecular flexibility index (Phi) is 3.88. The lowest BCUT2D eigenvalue weighted by atomic mass is 9.66. The second-order valence-electron chi connectivity index (χ2n) is 3.81. The number of nitrogens with two attached hydrogens (primary N) is 1. The first-order valence-corrected chi connectivity index (χ1v) is 5.06. The van der Waals surface area contributed by atoms with Crippen LogP contribution in [0.4, 0.5) is 0 Å². The number of rotatable bonds is 6. The Morgan fingerprint density at radius 1 is 1.54 bits per heavy atom. The van der Waals surface area contributed by atoms with Crippen molar-refractivity contribution in [3.63, 3.8) is 0 Å². The number of ketones is 1. The molecule has 3 heteroatoms. The number of hydrogen-bond donors (Lipinski definition) is 1. The van der Waals surface area contributed by atoms with Crippen molar-refractivity contribution in [1.82, 2.24) is 0 Å². The molecule has 0 spiro atoms. The number of carbonyl (C=O) groups excluding carboxylic acids is 1. The van der Waals surface area contributed by atoms with Crippen LogP contribution in [0, 0.1) is 5.41 Å². The minimum absolute atomic E-state index is 0.203. The molecule has 0 heterocycles. The van der Waals surface area contributed by atoms with Crippen molar-refractivity contribution in [2.45, 2.75) is 32.6 Å². The predicted octanol–water partition coefficient (Wildman–Crippen LogP) is 1.11. The summed E-state index contributed by atoms with van der Waals surface area (Å²) in [4.78, 5) is 11.6. The van der Waals surface area contributed by atoms with Crippen molar-refractivity contribution >= 4 is 5.78 Å². The van der Waals surface area contributed by atoms with Gasteiger partial charge in [-0.3, -0.25) is 4.79 Å². The van der Waals surface area contributed by atoms with Crippen LogP contribution in [0.3, 0.4) is 0 Å². The standard InChI is InChI=1S/C10H19NO2/c1-2-6-13-7-9(12)10(8-11)4-3-5-10/h2-8,11H2,1H3. The highest BCUT2D eigenvalue weighted by molar-refractivity contribution is 5.87. The van der Waals surface area contributed by atoms with Crippen molar-refractivity contribution < 1.29 is 9.53 Å². The third kappa shape index (κ3) is 2.29. The summed E-state index contributed by atoms with van der Waals surface area (Å²) in [6, 6.07) is 0. The van der Waals surface area contributed by atoms with Crippen LogP contribution in [0.1, 0.15) is 32.6 Å². The molecule has 13 heavy (non-hydrogen) atoms. The zero-order valence-electron chi connectivity index (χ0n) is 8.34. The molecule has 0 saturated heterocycles. The lowest BCUT2D eigenvalue weighted by molar-refractivity contribution is -0.137. The van der Waals surface area contributed by atoms with Gasteiger partial charge in [0.1, 0.15) is 6.61 Å². The molecule has 1 aliphatic carbocycles. The summed E-state index contributed by atoms with van der Waals surface area (Å²) in [5.41, 5.74) is 5.38. The molecule has 0 unspecified atom stereocenters. The lowest BCUT2D eigenvalue weighted by Gasteiger charge is -2.39. The summed E-state index contributed by atoms with van der Waals surface area (Å²) >= 11 is 0. The number of ether oxygens (including phenoxy) is 1. The molecule has 0 aliphatic heterocycles. The average molecular weight is 185 g/mol. The second-order valence-corrected chi connectivity index (χ2v) is 3.81. The minimum Gasteiger partial charge on any atom is -0.374 e. The first-order valence-electron chi connectivity index (χ1n) is 5.06. The average Bonchev–Trinajstić information content (AvgIpc) is 2.04. The van der Waals surface area contributed by atoms with Crippen LogP contribution < -0.4 is 5.73 Å². The quantitative estimate of drug-likeness (QED) is 0.631. The fourth-order valence-corrected chi connectivity index (χ4v) is 1.66. The Hall–Kier alpha value is -0.410. The number of hydrogen-bond acceptors (Lipinski definition) is 3. The fourth-order valence-electron chi connectivity index (χ4n) is 1.66. The van der Waals surface area contributed by atoms with Crippen molar-refractivity contribution in [2.75, 3.05) is 19.8 Å². The van der Waals surface area contributed by atoms with Gasteiger partial charge in [0.15, 0.2) is 5.78 Å². The van der Waals surface area contributed by atoms with Crippen molar-refractivity contribution in [3.05, 3.63) is 0 Å². The van der Waals surface area contributed by atoms with E-state index < -0.39 is 0 Å². The molecule has 0 atom stereocenters. The monoisotopic (exact) mass is 185 g/mol. The molecule has 1 aliphatic rings. The van der Waals surface area contributed by atoms with Crippen LogP contribution >= 0.6 is 0 Å². The van der Waals surface area contributed by atoms with Crippen LogP contribution in [0.2, 0.25) is 0 Å². The zero-order valence-corrected chi connectivity index (χ0v) is 8.34. The maximum atomic E-state index is 11.6. The van der Waals surface area contributed by atoms with E-state index in [1.807, 2.05) is 6.92 Å². The van der Waals surface area contributed by atoms with E-state index in [0.29, 0.717) is 13.2 Å². The van der Waals surface area contributed by atoms with Crippen LogP contribution in [-0.2, 0) is 9.53 Å². The van der Waals surface area contributed by atoms with Gasteiger partial charge in [0, 0.05) is 18.6 Å². The molecule has 1 fully saturated rings. The van der Waals surface area contributed by atoms with Crippen LogP contribution in [0.5, 0.6) is 0 Å². The summed E-state index contributed by atoms with van der Waals surface area (Å²) in [5.74, 6) is 0.203. The molecule has 1 rings (SSSR count). The van der Waals surface area contributed by atoms with Crippen molar-refractivity contribution in [1.29, 1.82) is 0 Å². The highest BCUT2D eigenvalue weighted by Crippen LogP contribution is 2.40. The van der Waals surface area contributed by atoms with Gasteiger partial charge in [-0.2, -0.15) is 0 Å². The molecule has 1 saturated carbocycles. The van der Waals surface area contributed by atoms with E-state index in [9.17, 15) is 4.79 Å². The lowest BCUT2D eigenvalue weighted by Crippen LogP contribution is -2.46. The van der Waals surface area contributed by atoms with Gasteiger partial charge in [-0.15, -0.1) is 0 Å². The third-order valence-electron chi connectivity index (χ3n) is 2.87. The first-order chi connectivity index (χ1) is 6.25. The Morgan fingerprint density at radius 3 is 2.62 bits per heavy atom. The van der Waals surface area contributed by atoms with E-state index in [1.165, 1.54) is 0 Å². The highest BCUT2D eigenvalue weighted by atomic mass is 16.5. The van der Waals surface area contributed by atoms with E-state index >= 15 is 0 Å². The molecule has 0 bridgehead atoms. The molecule has 0 aromatic rings. The number of Topliss-reactive ketones (excluding diaryl/α,β-unsaturated/α-hetero) is 1. The minimum atomic E-state index is -0.215. The SMILES string of the molecule is CCCOCC(=O)C1(CN)CCC1. The van der Waals surface area contributed by atoms with E-state index in [4.69, 9.17) is 10.5 Å². The molecule has 3 nitrogen and oxygen atoms in total. The Balaban J connectivity index is 2.28. The van der Waals surface area contributed by atoms with Crippen LogP contribution in [0.15, 0.2) is 0 Å². The van der Waals surface area contributed by atoms with Gasteiger partial charge < -0.3 is 10.5 Å². The van der Waals surface area contributed by atoms with Gasteiger partial charge in [-0.25, -0.2) is 0 Å². The van der Waals surface area contributed by atoms with E-state index in [1.54, 1.807) is 0 Å². The van der Waals surface area contributed by atoms with E-state index in [0.717, 1.165) is 25.7 Å². The predicted molar refractivity (Wildman–Crippen MR) is 51.5 cm³/mol. The normalized spacial score (nSPS) is 19.5. The maximum Gasteiger partial charge on any atom is 0.165 e. The van der Waals surface area contributed by atoms with Gasteiger partial charge in [-0.05, 0) is 19.3 Å².